The smallest absolute Gasteiger partial charge is 0.293 e. The number of anilines is 1. The highest BCUT2D eigenvalue weighted by molar-refractivity contribution is 9.10. The molecule has 3 aromatic carbocycles. The predicted octanol–water partition coefficient (Wildman–Crippen LogP) is 5.92. The highest BCUT2D eigenvalue weighted by atomic mass is 79.9. The largest absolute Gasteiger partial charge is 0.483 e. The fourth-order valence-electron chi connectivity index (χ4n) is 3.51. The molecule has 0 unspecified atom stereocenters. The lowest BCUT2D eigenvalue weighted by Crippen LogP contribution is -2.27. The average Bonchev–Trinajstić information content (AvgIpc) is 3.11. The molecule has 3 aromatic rings. The second kappa shape index (κ2) is 11.4. The van der Waals surface area contributed by atoms with E-state index in [0.717, 1.165) is 26.7 Å². The Labute approximate surface area is 224 Å². The van der Waals surface area contributed by atoms with Crippen LogP contribution in [0.5, 0.6) is 5.75 Å². The number of benzene rings is 3. The number of ether oxygens (including phenoxy) is 1. The number of carbonyl (C=O) groups excluding carboxylic acids is 3. The molecule has 1 N–H and O–H groups in total. The third-order valence-electron chi connectivity index (χ3n) is 5.28. The van der Waals surface area contributed by atoms with Gasteiger partial charge in [0.05, 0.1) is 16.4 Å². The van der Waals surface area contributed by atoms with Gasteiger partial charge in [-0.25, -0.2) is 0 Å². The summed E-state index contributed by atoms with van der Waals surface area (Å²) in [5.41, 5.74) is 2.69. The molecule has 11 heteroatoms. The van der Waals surface area contributed by atoms with Crippen LogP contribution < -0.4 is 10.1 Å². The summed E-state index contributed by atoms with van der Waals surface area (Å²) < 4.78 is 6.45. The molecule has 0 aliphatic carbocycles. The van der Waals surface area contributed by atoms with Crippen molar-refractivity contribution in [3.05, 3.63) is 103 Å². The number of imide groups is 1. The summed E-state index contributed by atoms with van der Waals surface area (Å²) in [6.45, 7) is 1.66. The van der Waals surface area contributed by atoms with Gasteiger partial charge in [0.2, 0.25) is 0 Å². The Hall–Kier alpha value is -3.96. The molecule has 1 saturated heterocycles. The zero-order valence-electron chi connectivity index (χ0n) is 19.5. The fraction of sp³-hybridized carbons (Fsp3) is 0.115. The van der Waals surface area contributed by atoms with E-state index in [1.807, 2.05) is 25.1 Å². The van der Waals surface area contributed by atoms with Crippen LogP contribution in [0.1, 0.15) is 16.7 Å². The van der Waals surface area contributed by atoms with Crippen LogP contribution in [0.15, 0.2) is 76.1 Å². The summed E-state index contributed by atoms with van der Waals surface area (Å²) in [5.74, 6) is -0.468. The first-order chi connectivity index (χ1) is 17.7. The van der Waals surface area contributed by atoms with Gasteiger partial charge in [-0.05, 0) is 66.2 Å². The van der Waals surface area contributed by atoms with Crippen LogP contribution in [-0.4, -0.2) is 33.5 Å². The summed E-state index contributed by atoms with van der Waals surface area (Å²) in [7, 11) is 0. The molecular weight excluding hydrogens is 562 g/mol. The molecule has 37 heavy (non-hydrogen) atoms. The van der Waals surface area contributed by atoms with E-state index in [1.165, 1.54) is 24.3 Å². The van der Waals surface area contributed by atoms with Crippen LogP contribution in [0.2, 0.25) is 0 Å². The number of amides is 3. The normalized spacial score (nSPS) is 14.2. The molecule has 1 aliphatic rings. The second-order valence-electron chi connectivity index (χ2n) is 8.08. The summed E-state index contributed by atoms with van der Waals surface area (Å²) in [5, 5.41) is 13.2. The molecule has 3 amide bonds. The highest BCUT2D eigenvalue weighted by Crippen LogP contribution is 2.35. The number of hydrogen-bond donors (Lipinski definition) is 1. The molecule has 188 valence electrons. The maximum Gasteiger partial charge on any atom is 0.293 e. The Kier molecular flexibility index (Phi) is 8.04. The van der Waals surface area contributed by atoms with Gasteiger partial charge in [-0.15, -0.1) is 0 Å². The Bertz CT molecular complexity index is 1420. The van der Waals surface area contributed by atoms with Crippen molar-refractivity contribution in [2.24, 2.45) is 0 Å². The lowest BCUT2D eigenvalue weighted by molar-refractivity contribution is -0.384. The lowest BCUT2D eigenvalue weighted by Gasteiger charge is -2.12. The van der Waals surface area contributed by atoms with Crippen molar-refractivity contribution in [2.45, 2.75) is 13.5 Å². The maximum absolute atomic E-state index is 13.0. The van der Waals surface area contributed by atoms with E-state index in [1.54, 1.807) is 30.3 Å². The first kappa shape index (κ1) is 26.1. The number of aryl methyl sites for hydroxylation is 1. The third-order valence-corrected chi connectivity index (χ3v) is 6.68. The topological polar surface area (TPSA) is 119 Å². The van der Waals surface area contributed by atoms with Gasteiger partial charge in [0, 0.05) is 27.9 Å². The fourth-order valence-corrected chi connectivity index (χ4v) is 4.72. The minimum atomic E-state index is -0.517. The second-order valence-corrected chi connectivity index (χ2v) is 9.99. The standard InChI is InChI=1S/C26H20BrN3O6S/c1-16-3-2-4-20(11-16)28-24(31)15-36-22-10-7-19(27)12-18(22)13-23-25(32)29(26(33)37-23)14-17-5-8-21(9-6-17)30(34)35/h2-13H,14-15H2,1H3,(H,28,31)/b23-13-. The lowest BCUT2D eigenvalue weighted by atomic mass is 10.1. The van der Waals surface area contributed by atoms with Gasteiger partial charge in [-0.1, -0.05) is 40.2 Å². The summed E-state index contributed by atoms with van der Waals surface area (Å²) >= 11 is 4.18. The minimum absolute atomic E-state index is 0.0129. The Morgan fingerprint density at radius 1 is 1.14 bits per heavy atom. The number of hydrogen-bond acceptors (Lipinski definition) is 7. The SMILES string of the molecule is Cc1cccc(NC(=O)COc2ccc(Br)cc2/C=C2\SC(=O)N(Cc3ccc([N+](=O)[O-])cc3)C2=O)c1. The first-order valence-corrected chi connectivity index (χ1v) is 12.6. The number of thioether (sulfide) groups is 1. The van der Waals surface area contributed by atoms with Crippen LogP contribution >= 0.6 is 27.7 Å². The van der Waals surface area contributed by atoms with Gasteiger partial charge < -0.3 is 10.1 Å². The van der Waals surface area contributed by atoms with Crippen LogP contribution in [-0.2, 0) is 16.1 Å². The summed E-state index contributed by atoms with van der Waals surface area (Å²) in [4.78, 5) is 49.5. The molecule has 0 aromatic heterocycles. The third kappa shape index (κ3) is 6.63. The number of nitro groups is 1. The molecule has 0 atom stereocenters. The van der Waals surface area contributed by atoms with E-state index < -0.39 is 16.1 Å². The van der Waals surface area contributed by atoms with E-state index in [0.29, 0.717) is 22.6 Å². The number of nitrogens with zero attached hydrogens (tertiary/aromatic N) is 2. The molecule has 0 spiro atoms. The number of carbonyl (C=O) groups is 3. The van der Waals surface area contributed by atoms with Crippen molar-refractivity contribution in [3.63, 3.8) is 0 Å². The average molecular weight is 582 g/mol. The van der Waals surface area contributed by atoms with E-state index >= 15 is 0 Å². The molecule has 4 rings (SSSR count). The van der Waals surface area contributed by atoms with E-state index in [2.05, 4.69) is 21.2 Å². The predicted molar refractivity (Wildman–Crippen MR) is 144 cm³/mol. The van der Waals surface area contributed by atoms with Crippen LogP contribution in [0, 0.1) is 17.0 Å². The maximum atomic E-state index is 13.0. The number of non-ortho nitro benzene ring substituents is 1. The molecule has 0 radical (unpaired) electrons. The summed E-state index contributed by atoms with van der Waals surface area (Å²) in [6.07, 6.45) is 1.54. The van der Waals surface area contributed by atoms with Crippen LogP contribution in [0.25, 0.3) is 6.08 Å². The van der Waals surface area contributed by atoms with Gasteiger partial charge in [0.25, 0.3) is 22.7 Å². The Morgan fingerprint density at radius 2 is 1.89 bits per heavy atom. The van der Waals surface area contributed by atoms with Crippen molar-refractivity contribution in [3.8, 4) is 5.75 Å². The van der Waals surface area contributed by atoms with Crippen LogP contribution in [0.3, 0.4) is 0 Å². The van der Waals surface area contributed by atoms with Crippen molar-refractivity contribution in [1.29, 1.82) is 0 Å². The van der Waals surface area contributed by atoms with Crippen molar-refractivity contribution < 1.29 is 24.0 Å². The van der Waals surface area contributed by atoms with Crippen molar-refractivity contribution in [2.75, 3.05) is 11.9 Å². The van der Waals surface area contributed by atoms with Gasteiger partial charge in [-0.3, -0.25) is 29.4 Å². The highest BCUT2D eigenvalue weighted by Gasteiger charge is 2.35. The molecular formula is C26H20BrN3O6S. The Balaban J connectivity index is 1.47. The monoisotopic (exact) mass is 581 g/mol. The van der Waals surface area contributed by atoms with Gasteiger partial charge in [-0.2, -0.15) is 0 Å². The van der Waals surface area contributed by atoms with E-state index in [9.17, 15) is 24.5 Å². The van der Waals surface area contributed by atoms with Crippen molar-refractivity contribution >= 4 is 62.2 Å². The van der Waals surface area contributed by atoms with Crippen molar-refractivity contribution in [1.82, 2.24) is 4.90 Å². The van der Waals surface area contributed by atoms with Gasteiger partial charge >= 0.3 is 0 Å². The van der Waals surface area contributed by atoms with Gasteiger partial charge in [0.15, 0.2) is 6.61 Å². The molecule has 1 fully saturated rings. The van der Waals surface area contributed by atoms with Crippen LogP contribution in [0.4, 0.5) is 16.2 Å². The minimum Gasteiger partial charge on any atom is -0.483 e. The number of halogens is 1. The molecule has 0 saturated carbocycles. The zero-order chi connectivity index (χ0) is 26.5. The first-order valence-electron chi connectivity index (χ1n) is 11.0. The molecule has 9 nitrogen and oxygen atoms in total. The van der Waals surface area contributed by atoms with Gasteiger partial charge in [0.1, 0.15) is 5.75 Å². The number of nitrogens with one attached hydrogen (secondary N) is 1. The van der Waals surface area contributed by atoms with E-state index in [-0.39, 0.29) is 29.7 Å². The number of rotatable bonds is 8. The molecule has 1 heterocycles. The zero-order valence-corrected chi connectivity index (χ0v) is 21.9. The number of nitro benzene ring substituents is 1. The molecule has 1 aliphatic heterocycles. The quantitative estimate of drug-likeness (QED) is 0.199. The summed E-state index contributed by atoms with van der Waals surface area (Å²) in [6, 6.07) is 18.2. The molecule has 0 bridgehead atoms. The Morgan fingerprint density at radius 3 is 2.59 bits per heavy atom. The van der Waals surface area contributed by atoms with E-state index in [4.69, 9.17) is 4.74 Å².